The summed E-state index contributed by atoms with van der Waals surface area (Å²) < 4.78 is 0. The predicted octanol–water partition coefficient (Wildman–Crippen LogP) is 3.36. The molecule has 1 saturated heterocycles. The van der Waals surface area contributed by atoms with Crippen LogP contribution in [0.4, 0.5) is 0 Å². The third-order valence-corrected chi connectivity index (χ3v) is 5.28. The summed E-state index contributed by atoms with van der Waals surface area (Å²) in [6.45, 7) is 0. The molecule has 2 aromatic carbocycles. The average molecular weight is 376 g/mol. The molecule has 4 rings (SSSR count). The second-order valence-corrected chi connectivity index (χ2v) is 7.22. The Bertz CT molecular complexity index is 1060. The lowest BCUT2D eigenvalue weighted by Crippen LogP contribution is -2.26. The second-order valence-electron chi connectivity index (χ2n) is 6.03. The van der Waals surface area contributed by atoms with Gasteiger partial charge in [0.05, 0.1) is 11.5 Å². The molecule has 134 valence electrons. The van der Waals surface area contributed by atoms with Crippen LogP contribution in [-0.2, 0) is 4.79 Å². The first-order valence-corrected chi connectivity index (χ1v) is 9.31. The summed E-state index contributed by atoms with van der Waals surface area (Å²) in [7, 11) is 0. The summed E-state index contributed by atoms with van der Waals surface area (Å²) in [5, 5.41) is 11.8. The van der Waals surface area contributed by atoms with Gasteiger partial charge in [0.15, 0.2) is 11.0 Å². The lowest BCUT2D eigenvalue weighted by molar-refractivity contribution is -0.118. The fraction of sp³-hybridized carbons (Fsp3) is 0.100. The quantitative estimate of drug-likeness (QED) is 0.407. The Morgan fingerprint density at radius 1 is 1.11 bits per heavy atom. The third-order valence-electron chi connectivity index (χ3n) is 4.21. The number of rotatable bonds is 5. The van der Waals surface area contributed by atoms with Crippen molar-refractivity contribution in [2.45, 2.75) is 11.7 Å². The van der Waals surface area contributed by atoms with Gasteiger partial charge < -0.3 is 10.3 Å². The fourth-order valence-electron chi connectivity index (χ4n) is 2.84. The Morgan fingerprint density at radius 2 is 1.89 bits per heavy atom. The normalized spacial score (nSPS) is 18.4. The van der Waals surface area contributed by atoms with E-state index in [0.717, 1.165) is 16.5 Å². The molecule has 1 atom stereocenters. The molecular weight excluding hydrogens is 360 g/mol. The Balaban J connectivity index is 1.42. The van der Waals surface area contributed by atoms with Gasteiger partial charge in [-0.1, -0.05) is 60.3 Å². The van der Waals surface area contributed by atoms with Crippen LogP contribution in [0.15, 0.2) is 71.0 Å². The summed E-state index contributed by atoms with van der Waals surface area (Å²) >= 11 is 1.23. The summed E-state index contributed by atoms with van der Waals surface area (Å²) in [6.07, 6.45) is 3.63. The van der Waals surface area contributed by atoms with Crippen molar-refractivity contribution in [3.05, 3.63) is 71.9 Å². The number of hydrogen-bond donors (Lipinski definition) is 2. The number of fused-ring (bicyclic) bond motifs is 1. The molecule has 0 bridgehead atoms. The molecule has 1 aliphatic heterocycles. The zero-order valence-corrected chi connectivity index (χ0v) is 15.1. The van der Waals surface area contributed by atoms with E-state index in [1.165, 1.54) is 11.8 Å². The number of amidine groups is 1. The number of aromatic amines is 1. The molecule has 1 unspecified atom stereocenters. The van der Waals surface area contributed by atoms with E-state index in [0.29, 0.717) is 10.7 Å². The number of carbonyl (C=O) groups excluding carboxylic acids is 2. The van der Waals surface area contributed by atoms with Crippen molar-refractivity contribution in [1.29, 1.82) is 0 Å². The molecule has 0 spiro atoms. The van der Waals surface area contributed by atoms with Crippen LogP contribution in [0.5, 0.6) is 0 Å². The van der Waals surface area contributed by atoms with E-state index in [1.54, 1.807) is 30.5 Å². The highest BCUT2D eigenvalue weighted by molar-refractivity contribution is 8.15. The molecular formula is C20H16N4O2S. The van der Waals surface area contributed by atoms with E-state index in [-0.39, 0.29) is 18.1 Å². The summed E-state index contributed by atoms with van der Waals surface area (Å²) in [5.41, 5.74) is 2.54. The van der Waals surface area contributed by atoms with Gasteiger partial charge in [-0.2, -0.15) is 5.10 Å². The molecule has 27 heavy (non-hydrogen) atoms. The number of para-hydroxylation sites is 1. The first-order valence-electron chi connectivity index (χ1n) is 8.43. The molecule has 2 N–H and O–H groups in total. The van der Waals surface area contributed by atoms with E-state index in [4.69, 9.17) is 0 Å². The molecule has 1 amide bonds. The van der Waals surface area contributed by atoms with Gasteiger partial charge in [0.2, 0.25) is 5.91 Å². The fourth-order valence-corrected chi connectivity index (χ4v) is 3.77. The zero-order valence-electron chi connectivity index (χ0n) is 14.3. The summed E-state index contributed by atoms with van der Waals surface area (Å²) in [6, 6.07) is 16.9. The second kappa shape index (κ2) is 7.59. The van der Waals surface area contributed by atoms with Crippen LogP contribution < -0.4 is 5.32 Å². The summed E-state index contributed by atoms with van der Waals surface area (Å²) in [5.74, 6) is -0.280. The number of hydrogen-bond acceptors (Lipinski definition) is 5. The highest BCUT2D eigenvalue weighted by atomic mass is 32.2. The number of ketones is 1. The number of nitrogens with zero attached hydrogens (tertiary/aromatic N) is 2. The average Bonchev–Trinajstić information content (AvgIpc) is 3.26. The Morgan fingerprint density at radius 3 is 2.74 bits per heavy atom. The first kappa shape index (κ1) is 17.2. The molecule has 2 heterocycles. The van der Waals surface area contributed by atoms with Gasteiger partial charge in [-0.25, -0.2) is 0 Å². The maximum absolute atomic E-state index is 12.3. The molecule has 1 fully saturated rings. The molecule has 0 saturated carbocycles. The van der Waals surface area contributed by atoms with Gasteiger partial charge in [0, 0.05) is 34.6 Å². The first-order chi connectivity index (χ1) is 13.2. The molecule has 7 heteroatoms. The third kappa shape index (κ3) is 3.83. The smallest absolute Gasteiger partial charge is 0.240 e. The van der Waals surface area contributed by atoms with Gasteiger partial charge in [-0.15, -0.1) is 5.10 Å². The minimum absolute atomic E-state index is 0.0632. The van der Waals surface area contributed by atoms with Crippen LogP contribution in [0.3, 0.4) is 0 Å². The summed E-state index contributed by atoms with van der Waals surface area (Å²) in [4.78, 5) is 27.5. The molecule has 0 radical (unpaired) electrons. The number of aromatic nitrogens is 1. The molecule has 6 nitrogen and oxygen atoms in total. The van der Waals surface area contributed by atoms with E-state index in [2.05, 4.69) is 20.5 Å². The molecule has 1 aliphatic rings. The standard InChI is InChI=1S/C20H16N4O2S/c25-17(13-6-2-1-3-7-13)10-18-19(26)23-20(27-18)24-22-12-14-11-21-16-9-5-4-8-15(14)16/h1-9,11-12,18,21H,10H2,(H,23,24,26)/b22-12-. The van der Waals surface area contributed by atoms with Gasteiger partial charge in [0.25, 0.3) is 0 Å². The van der Waals surface area contributed by atoms with Gasteiger partial charge in [-0.3, -0.25) is 9.59 Å². The SMILES string of the molecule is O=C(CC1S/C(=N/N=C\c2c[nH]c3ccccc23)NC1=O)c1ccccc1. The number of benzene rings is 2. The predicted molar refractivity (Wildman–Crippen MR) is 108 cm³/mol. The van der Waals surface area contributed by atoms with Crippen molar-refractivity contribution < 1.29 is 9.59 Å². The minimum atomic E-state index is -0.486. The van der Waals surface area contributed by atoms with Crippen molar-refractivity contribution in [1.82, 2.24) is 10.3 Å². The largest absolute Gasteiger partial charge is 0.361 e. The van der Waals surface area contributed by atoms with Crippen LogP contribution in [0, 0.1) is 0 Å². The molecule has 3 aromatic rings. The van der Waals surface area contributed by atoms with Crippen molar-refractivity contribution in [2.75, 3.05) is 0 Å². The van der Waals surface area contributed by atoms with E-state index >= 15 is 0 Å². The van der Waals surface area contributed by atoms with Crippen LogP contribution >= 0.6 is 11.8 Å². The van der Waals surface area contributed by atoms with E-state index in [9.17, 15) is 9.59 Å². The van der Waals surface area contributed by atoms with E-state index in [1.807, 2.05) is 36.5 Å². The van der Waals surface area contributed by atoms with Gasteiger partial charge in [-0.05, 0) is 6.07 Å². The highest BCUT2D eigenvalue weighted by Crippen LogP contribution is 2.24. The van der Waals surface area contributed by atoms with Crippen LogP contribution in [0.2, 0.25) is 0 Å². The topological polar surface area (TPSA) is 86.7 Å². The number of Topliss-reactive ketones (excluding diaryl/α,β-unsaturated/α-hetero) is 1. The maximum atomic E-state index is 12.3. The van der Waals surface area contributed by atoms with Gasteiger partial charge in [0.1, 0.15) is 0 Å². The van der Waals surface area contributed by atoms with Crippen molar-refractivity contribution in [2.24, 2.45) is 10.2 Å². The molecule has 0 aliphatic carbocycles. The van der Waals surface area contributed by atoms with Crippen molar-refractivity contribution in [3.63, 3.8) is 0 Å². The van der Waals surface area contributed by atoms with Crippen LogP contribution in [-0.4, -0.2) is 33.3 Å². The lowest BCUT2D eigenvalue weighted by atomic mass is 10.1. The highest BCUT2D eigenvalue weighted by Gasteiger charge is 2.32. The lowest BCUT2D eigenvalue weighted by Gasteiger charge is -2.04. The van der Waals surface area contributed by atoms with Gasteiger partial charge >= 0.3 is 0 Å². The number of thioether (sulfide) groups is 1. The maximum Gasteiger partial charge on any atom is 0.240 e. The van der Waals surface area contributed by atoms with Crippen LogP contribution in [0.25, 0.3) is 10.9 Å². The number of H-pyrrole nitrogens is 1. The Hall–Kier alpha value is -3.19. The van der Waals surface area contributed by atoms with Crippen molar-refractivity contribution >= 4 is 45.7 Å². The van der Waals surface area contributed by atoms with Crippen LogP contribution in [0.1, 0.15) is 22.3 Å². The monoisotopic (exact) mass is 376 g/mol. The number of nitrogens with one attached hydrogen (secondary N) is 2. The van der Waals surface area contributed by atoms with Crippen molar-refractivity contribution in [3.8, 4) is 0 Å². The zero-order chi connectivity index (χ0) is 18.6. The number of carbonyl (C=O) groups is 2. The number of amides is 1. The Labute approximate surface area is 159 Å². The van der Waals surface area contributed by atoms with E-state index < -0.39 is 5.25 Å². The molecule has 1 aromatic heterocycles. The Kier molecular flexibility index (Phi) is 4.84. The minimum Gasteiger partial charge on any atom is -0.361 e.